The fourth-order valence-electron chi connectivity index (χ4n) is 1.86. The number of aryl methyl sites for hydroxylation is 2. The maximum absolute atomic E-state index is 6.00. The van der Waals surface area contributed by atoms with Gasteiger partial charge in [-0.15, -0.1) is 0 Å². The van der Waals surface area contributed by atoms with Crippen molar-refractivity contribution in [1.82, 2.24) is 15.3 Å². The van der Waals surface area contributed by atoms with E-state index in [1.165, 1.54) is 0 Å². The number of halogens is 1. The molecule has 2 rings (SSSR count). The molecule has 0 atom stereocenters. The Kier molecular flexibility index (Phi) is 4.35. The van der Waals surface area contributed by atoms with Crippen LogP contribution in [0.15, 0.2) is 24.5 Å². The van der Waals surface area contributed by atoms with Crippen LogP contribution in [0.25, 0.3) is 0 Å². The van der Waals surface area contributed by atoms with E-state index in [1.807, 2.05) is 33.0 Å². The van der Waals surface area contributed by atoms with E-state index in [0.717, 1.165) is 22.6 Å². The van der Waals surface area contributed by atoms with Crippen LogP contribution in [-0.4, -0.2) is 17.0 Å². The highest BCUT2D eigenvalue weighted by Gasteiger charge is 2.08. The quantitative estimate of drug-likeness (QED) is 0.932. The maximum atomic E-state index is 6.00. The smallest absolute Gasteiger partial charge is 0.238 e. The zero-order valence-corrected chi connectivity index (χ0v) is 12.0. The summed E-state index contributed by atoms with van der Waals surface area (Å²) in [6.45, 7) is 4.57. The van der Waals surface area contributed by atoms with Gasteiger partial charge in [0.15, 0.2) is 0 Å². The largest absolute Gasteiger partial charge is 0.437 e. The predicted octanol–water partition coefficient (Wildman–Crippen LogP) is 3.26. The van der Waals surface area contributed by atoms with Gasteiger partial charge in [-0.1, -0.05) is 11.6 Å². The molecular formula is C14H16ClN3O. The highest BCUT2D eigenvalue weighted by molar-refractivity contribution is 6.30. The lowest BCUT2D eigenvalue weighted by Gasteiger charge is -2.11. The Morgan fingerprint density at radius 1 is 1.21 bits per heavy atom. The van der Waals surface area contributed by atoms with Crippen LogP contribution < -0.4 is 10.1 Å². The summed E-state index contributed by atoms with van der Waals surface area (Å²) in [6, 6.07) is 3.74. The highest BCUT2D eigenvalue weighted by Crippen LogP contribution is 2.30. The number of hydrogen-bond acceptors (Lipinski definition) is 4. The van der Waals surface area contributed by atoms with Gasteiger partial charge in [0, 0.05) is 17.8 Å². The van der Waals surface area contributed by atoms with Crippen LogP contribution in [0.2, 0.25) is 5.02 Å². The first-order chi connectivity index (χ1) is 9.10. The summed E-state index contributed by atoms with van der Waals surface area (Å²) in [5.74, 6) is 1.27. The standard InChI is InChI=1S/C14H16ClN3O/c1-9-4-11(15)5-10(2)14(9)19-13-8-17-7-12(18-13)6-16-3/h4-5,7-8,16H,6H2,1-3H3. The molecule has 19 heavy (non-hydrogen) atoms. The SMILES string of the molecule is CNCc1cncc(Oc2c(C)cc(Cl)cc2C)n1. The van der Waals surface area contributed by atoms with Gasteiger partial charge in [-0.2, -0.15) is 0 Å². The van der Waals surface area contributed by atoms with Crippen molar-refractivity contribution in [3.63, 3.8) is 0 Å². The van der Waals surface area contributed by atoms with E-state index in [0.29, 0.717) is 17.4 Å². The number of rotatable bonds is 4. The minimum Gasteiger partial charge on any atom is -0.437 e. The summed E-state index contributed by atoms with van der Waals surface area (Å²) in [5.41, 5.74) is 2.79. The van der Waals surface area contributed by atoms with E-state index < -0.39 is 0 Å². The topological polar surface area (TPSA) is 47.0 Å². The van der Waals surface area contributed by atoms with E-state index in [9.17, 15) is 0 Å². The van der Waals surface area contributed by atoms with E-state index in [4.69, 9.17) is 16.3 Å². The second-order valence-electron chi connectivity index (χ2n) is 4.35. The molecular weight excluding hydrogens is 262 g/mol. The van der Waals surface area contributed by atoms with Gasteiger partial charge in [0.05, 0.1) is 11.9 Å². The van der Waals surface area contributed by atoms with E-state index >= 15 is 0 Å². The van der Waals surface area contributed by atoms with Crippen molar-refractivity contribution in [3.8, 4) is 11.6 Å². The molecule has 1 aromatic heterocycles. The average molecular weight is 278 g/mol. The van der Waals surface area contributed by atoms with Crippen LogP contribution in [0.1, 0.15) is 16.8 Å². The Labute approximate surface area is 117 Å². The summed E-state index contributed by atoms with van der Waals surface area (Å²) in [6.07, 6.45) is 3.32. The molecule has 0 saturated heterocycles. The fraction of sp³-hybridized carbons (Fsp3) is 0.286. The Bertz CT molecular complexity index is 564. The molecule has 4 nitrogen and oxygen atoms in total. The highest BCUT2D eigenvalue weighted by atomic mass is 35.5. The molecule has 2 aromatic rings. The predicted molar refractivity (Wildman–Crippen MR) is 75.8 cm³/mol. The molecule has 0 fully saturated rings. The van der Waals surface area contributed by atoms with Crippen molar-refractivity contribution in [1.29, 1.82) is 0 Å². The minimum absolute atomic E-state index is 0.487. The molecule has 0 amide bonds. The second-order valence-corrected chi connectivity index (χ2v) is 4.79. The number of nitrogens with one attached hydrogen (secondary N) is 1. The number of aromatic nitrogens is 2. The van der Waals surface area contributed by atoms with Gasteiger partial charge in [0.1, 0.15) is 5.75 Å². The molecule has 0 bridgehead atoms. The lowest BCUT2D eigenvalue weighted by molar-refractivity contribution is 0.450. The molecule has 0 spiro atoms. The van der Waals surface area contributed by atoms with Crippen molar-refractivity contribution in [2.75, 3.05) is 7.05 Å². The molecule has 5 heteroatoms. The molecule has 1 heterocycles. The van der Waals surface area contributed by atoms with Crippen molar-refractivity contribution in [2.24, 2.45) is 0 Å². The van der Waals surface area contributed by atoms with Crippen LogP contribution in [0.3, 0.4) is 0 Å². The summed E-state index contributed by atoms with van der Waals surface area (Å²) in [7, 11) is 1.86. The first-order valence-corrected chi connectivity index (χ1v) is 6.38. The Hall–Kier alpha value is -1.65. The maximum Gasteiger partial charge on any atom is 0.238 e. The minimum atomic E-state index is 0.487. The molecule has 100 valence electrons. The number of hydrogen-bond donors (Lipinski definition) is 1. The third-order valence-corrected chi connectivity index (χ3v) is 2.87. The van der Waals surface area contributed by atoms with Crippen LogP contribution in [0.4, 0.5) is 0 Å². The first kappa shape index (κ1) is 13.8. The van der Waals surface area contributed by atoms with E-state index in [1.54, 1.807) is 12.4 Å². The molecule has 0 aliphatic carbocycles. The molecule has 1 aromatic carbocycles. The zero-order valence-electron chi connectivity index (χ0n) is 11.2. The van der Waals surface area contributed by atoms with Gasteiger partial charge in [-0.25, -0.2) is 4.98 Å². The number of benzene rings is 1. The first-order valence-electron chi connectivity index (χ1n) is 6.00. The monoisotopic (exact) mass is 277 g/mol. The van der Waals surface area contributed by atoms with Gasteiger partial charge in [0.2, 0.25) is 5.88 Å². The Balaban J connectivity index is 2.28. The Morgan fingerprint density at radius 3 is 2.53 bits per heavy atom. The van der Waals surface area contributed by atoms with E-state index in [-0.39, 0.29) is 0 Å². The lowest BCUT2D eigenvalue weighted by atomic mass is 10.1. The van der Waals surface area contributed by atoms with Gasteiger partial charge >= 0.3 is 0 Å². The average Bonchev–Trinajstić information content (AvgIpc) is 2.35. The molecule has 0 saturated carbocycles. The van der Waals surface area contributed by atoms with Gasteiger partial charge in [-0.05, 0) is 44.2 Å². The van der Waals surface area contributed by atoms with E-state index in [2.05, 4.69) is 15.3 Å². The molecule has 0 radical (unpaired) electrons. The van der Waals surface area contributed by atoms with Crippen LogP contribution >= 0.6 is 11.6 Å². The molecule has 0 unspecified atom stereocenters. The summed E-state index contributed by atoms with van der Waals surface area (Å²) in [5, 5.41) is 3.74. The lowest BCUT2D eigenvalue weighted by Crippen LogP contribution is -2.07. The van der Waals surface area contributed by atoms with Crippen molar-refractivity contribution in [3.05, 3.63) is 46.4 Å². The number of ether oxygens (including phenoxy) is 1. The second kappa shape index (κ2) is 5.99. The normalized spacial score (nSPS) is 10.5. The van der Waals surface area contributed by atoms with Crippen molar-refractivity contribution >= 4 is 11.6 Å². The summed E-state index contributed by atoms with van der Waals surface area (Å²) >= 11 is 6.00. The van der Waals surface area contributed by atoms with Gasteiger partial charge in [-0.3, -0.25) is 4.98 Å². The molecule has 1 N–H and O–H groups in total. The van der Waals surface area contributed by atoms with Crippen LogP contribution in [0.5, 0.6) is 11.6 Å². The molecule has 0 aliphatic heterocycles. The summed E-state index contributed by atoms with van der Waals surface area (Å²) in [4.78, 5) is 8.50. The van der Waals surface area contributed by atoms with Crippen LogP contribution in [0, 0.1) is 13.8 Å². The Morgan fingerprint density at radius 2 is 1.89 bits per heavy atom. The fourth-order valence-corrected chi connectivity index (χ4v) is 2.19. The zero-order chi connectivity index (χ0) is 13.8. The van der Waals surface area contributed by atoms with Crippen molar-refractivity contribution in [2.45, 2.75) is 20.4 Å². The van der Waals surface area contributed by atoms with Crippen LogP contribution in [-0.2, 0) is 6.54 Å². The third-order valence-electron chi connectivity index (χ3n) is 2.65. The number of nitrogens with zero attached hydrogens (tertiary/aromatic N) is 2. The molecule has 0 aliphatic rings. The van der Waals surface area contributed by atoms with Gasteiger partial charge in [0.25, 0.3) is 0 Å². The van der Waals surface area contributed by atoms with Gasteiger partial charge < -0.3 is 10.1 Å². The van der Waals surface area contributed by atoms with Crippen molar-refractivity contribution < 1.29 is 4.74 Å². The summed E-state index contributed by atoms with van der Waals surface area (Å²) < 4.78 is 5.82. The third kappa shape index (κ3) is 3.43.